The Labute approximate surface area is 82.2 Å². The van der Waals surface area contributed by atoms with Gasteiger partial charge in [-0.25, -0.2) is 0 Å². The second kappa shape index (κ2) is 7.66. The van der Waals surface area contributed by atoms with Crippen LogP contribution in [0.4, 0.5) is 0 Å². The number of rotatable bonds is 3. The van der Waals surface area contributed by atoms with E-state index in [1.807, 2.05) is 19.9 Å². The number of hydrogen-bond donors (Lipinski definition) is 1. The van der Waals surface area contributed by atoms with Gasteiger partial charge in [-0.1, -0.05) is 39.5 Å². The molecule has 0 aliphatic carbocycles. The van der Waals surface area contributed by atoms with Crippen molar-refractivity contribution in [1.82, 2.24) is 5.32 Å². The topological polar surface area (TPSA) is 12.0 Å². The fraction of sp³-hybridized carbons (Fsp3) is 0.500. The molecule has 1 N–H and O–H groups in total. The van der Waals surface area contributed by atoms with Gasteiger partial charge in [0, 0.05) is 12.2 Å². The summed E-state index contributed by atoms with van der Waals surface area (Å²) in [4.78, 5) is 0. The molecule has 0 fully saturated rings. The maximum absolute atomic E-state index is 3.77. The first-order chi connectivity index (χ1) is 6.38. The average Bonchev–Trinajstić information content (AvgIpc) is 2.65. The lowest BCUT2D eigenvalue weighted by Gasteiger charge is -1.96. The maximum atomic E-state index is 3.77. The lowest BCUT2D eigenvalue weighted by Crippen LogP contribution is -2.04. The minimum Gasteiger partial charge on any atom is -0.384 e. The van der Waals surface area contributed by atoms with Gasteiger partial charge < -0.3 is 5.32 Å². The van der Waals surface area contributed by atoms with Crippen LogP contribution in [0.3, 0.4) is 0 Å². The van der Waals surface area contributed by atoms with E-state index in [0.717, 1.165) is 19.4 Å². The van der Waals surface area contributed by atoms with Gasteiger partial charge in [0.2, 0.25) is 0 Å². The van der Waals surface area contributed by atoms with Crippen LogP contribution in [-0.2, 0) is 0 Å². The van der Waals surface area contributed by atoms with Gasteiger partial charge in [0.05, 0.1) is 0 Å². The van der Waals surface area contributed by atoms with Gasteiger partial charge in [-0.15, -0.1) is 0 Å². The van der Waals surface area contributed by atoms with E-state index in [9.17, 15) is 0 Å². The van der Waals surface area contributed by atoms with E-state index in [-0.39, 0.29) is 0 Å². The smallest absolute Gasteiger partial charge is 0.0370 e. The van der Waals surface area contributed by atoms with Gasteiger partial charge in [0.15, 0.2) is 0 Å². The van der Waals surface area contributed by atoms with Crippen LogP contribution < -0.4 is 5.32 Å². The Morgan fingerprint density at radius 2 is 2.15 bits per heavy atom. The molecular formula is C12H21N. The van der Waals surface area contributed by atoms with Crippen molar-refractivity contribution in [2.75, 3.05) is 6.54 Å². The van der Waals surface area contributed by atoms with Crippen LogP contribution in [0.15, 0.2) is 36.1 Å². The van der Waals surface area contributed by atoms with E-state index < -0.39 is 0 Å². The van der Waals surface area contributed by atoms with Crippen molar-refractivity contribution in [2.45, 2.75) is 33.6 Å². The molecule has 1 aliphatic heterocycles. The predicted molar refractivity (Wildman–Crippen MR) is 60.6 cm³/mol. The average molecular weight is 179 g/mol. The standard InChI is InChI=1S/C10H15N.C2H6/c1-3-5-6-10-9(4-2)7-8-11-10;1-2/h4-6,11H,2-3,7-8H2,1H3;1-2H3/b6-5-;. The summed E-state index contributed by atoms with van der Waals surface area (Å²) in [6.07, 6.45) is 8.46. The van der Waals surface area contributed by atoms with Gasteiger partial charge in [-0.3, -0.25) is 0 Å². The lowest BCUT2D eigenvalue weighted by atomic mass is 10.2. The fourth-order valence-corrected chi connectivity index (χ4v) is 1.19. The Hall–Kier alpha value is -0.980. The first-order valence-corrected chi connectivity index (χ1v) is 5.14. The normalized spacial score (nSPS) is 15.3. The summed E-state index contributed by atoms with van der Waals surface area (Å²) in [5.41, 5.74) is 2.59. The zero-order valence-electron chi connectivity index (χ0n) is 9.06. The van der Waals surface area contributed by atoms with Crippen LogP contribution in [0.5, 0.6) is 0 Å². The Balaban J connectivity index is 0.000000671. The molecule has 1 heterocycles. The first kappa shape index (κ1) is 12.0. The number of allylic oxidation sites excluding steroid dienone is 3. The van der Waals surface area contributed by atoms with E-state index in [2.05, 4.69) is 31.0 Å². The maximum Gasteiger partial charge on any atom is 0.0370 e. The number of nitrogens with one attached hydrogen (secondary N) is 1. The first-order valence-electron chi connectivity index (χ1n) is 5.14. The third-order valence-corrected chi connectivity index (χ3v) is 1.82. The van der Waals surface area contributed by atoms with Crippen molar-refractivity contribution in [1.29, 1.82) is 0 Å². The van der Waals surface area contributed by atoms with Crippen molar-refractivity contribution in [3.05, 3.63) is 36.1 Å². The Kier molecular flexibility index (Phi) is 7.08. The molecule has 0 saturated heterocycles. The molecule has 1 aliphatic rings. The van der Waals surface area contributed by atoms with Gasteiger partial charge in [-0.2, -0.15) is 0 Å². The van der Waals surface area contributed by atoms with Gasteiger partial charge >= 0.3 is 0 Å². The Bertz CT molecular complexity index is 199. The quantitative estimate of drug-likeness (QED) is 0.700. The molecule has 0 unspecified atom stereocenters. The molecule has 0 aromatic rings. The van der Waals surface area contributed by atoms with Crippen molar-refractivity contribution < 1.29 is 0 Å². The molecule has 74 valence electrons. The Morgan fingerprint density at radius 3 is 2.69 bits per heavy atom. The highest BCUT2D eigenvalue weighted by Gasteiger charge is 2.06. The van der Waals surface area contributed by atoms with Crippen molar-refractivity contribution in [3.8, 4) is 0 Å². The molecule has 1 nitrogen and oxygen atoms in total. The van der Waals surface area contributed by atoms with Gasteiger partial charge in [-0.05, 0) is 24.5 Å². The summed E-state index contributed by atoms with van der Waals surface area (Å²) >= 11 is 0. The minimum atomic E-state index is 1.06. The zero-order chi connectivity index (χ0) is 10.1. The van der Waals surface area contributed by atoms with Crippen molar-refractivity contribution in [3.63, 3.8) is 0 Å². The van der Waals surface area contributed by atoms with Crippen molar-refractivity contribution >= 4 is 0 Å². The lowest BCUT2D eigenvalue weighted by molar-refractivity contribution is 0.888. The highest BCUT2D eigenvalue weighted by molar-refractivity contribution is 5.34. The zero-order valence-corrected chi connectivity index (χ0v) is 9.06. The van der Waals surface area contributed by atoms with E-state index >= 15 is 0 Å². The van der Waals surface area contributed by atoms with Crippen LogP contribution in [0.1, 0.15) is 33.6 Å². The van der Waals surface area contributed by atoms with E-state index in [4.69, 9.17) is 0 Å². The minimum absolute atomic E-state index is 1.06. The molecule has 0 saturated carbocycles. The molecule has 0 radical (unpaired) electrons. The van der Waals surface area contributed by atoms with Crippen LogP contribution in [0, 0.1) is 0 Å². The summed E-state index contributed by atoms with van der Waals surface area (Å²) in [7, 11) is 0. The van der Waals surface area contributed by atoms with Gasteiger partial charge in [0.1, 0.15) is 0 Å². The van der Waals surface area contributed by atoms with Crippen LogP contribution in [0.2, 0.25) is 0 Å². The molecule has 0 spiro atoms. The molecule has 0 bridgehead atoms. The molecular weight excluding hydrogens is 158 g/mol. The molecule has 0 aromatic heterocycles. The largest absolute Gasteiger partial charge is 0.384 e. The third kappa shape index (κ3) is 3.97. The molecule has 0 atom stereocenters. The van der Waals surface area contributed by atoms with Crippen LogP contribution in [-0.4, -0.2) is 6.54 Å². The molecule has 1 heteroatoms. The van der Waals surface area contributed by atoms with Crippen LogP contribution in [0.25, 0.3) is 0 Å². The Morgan fingerprint density at radius 1 is 1.46 bits per heavy atom. The van der Waals surface area contributed by atoms with E-state index in [1.54, 1.807) is 0 Å². The monoisotopic (exact) mass is 179 g/mol. The summed E-state index contributed by atoms with van der Waals surface area (Å²) in [5, 5.41) is 3.31. The third-order valence-electron chi connectivity index (χ3n) is 1.82. The summed E-state index contributed by atoms with van der Waals surface area (Å²) in [6, 6.07) is 0. The highest BCUT2D eigenvalue weighted by Crippen LogP contribution is 2.14. The second-order valence-electron chi connectivity index (χ2n) is 2.63. The van der Waals surface area contributed by atoms with E-state index in [0.29, 0.717) is 0 Å². The van der Waals surface area contributed by atoms with E-state index in [1.165, 1.54) is 11.3 Å². The number of hydrogen-bond acceptors (Lipinski definition) is 1. The summed E-state index contributed by atoms with van der Waals surface area (Å²) in [6.45, 7) is 11.0. The molecule has 0 amide bonds. The highest BCUT2D eigenvalue weighted by atomic mass is 14.9. The van der Waals surface area contributed by atoms with Crippen LogP contribution >= 0.6 is 0 Å². The molecule has 0 aromatic carbocycles. The molecule has 1 rings (SSSR count). The fourth-order valence-electron chi connectivity index (χ4n) is 1.19. The van der Waals surface area contributed by atoms with Gasteiger partial charge in [0.25, 0.3) is 0 Å². The molecule has 13 heavy (non-hydrogen) atoms. The predicted octanol–water partition coefficient (Wildman–Crippen LogP) is 3.41. The van der Waals surface area contributed by atoms with Crippen molar-refractivity contribution in [2.24, 2.45) is 0 Å². The SMILES string of the molecule is C=CC1=C(/C=C\CC)NCC1.CC. The second-order valence-corrected chi connectivity index (χ2v) is 2.63. The summed E-state index contributed by atoms with van der Waals surface area (Å²) < 4.78 is 0. The summed E-state index contributed by atoms with van der Waals surface area (Å²) in [5.74, 6) is 0.